The number of esters is 1. The monoisotopic (exact) mass is 209 g/mol. The van der Waals surface area contributed by atoms with Crippen LogP contribution in [0.5, 0.6) is 0 Å². The van der Waals surface area contributed by atoms with E-state index in [1.54, 1.807) is 6.33 Å². The SMILES string of the molecule is COC(=O)[C@@H]1CNC[C@H]1c1cn(C)cn1. The zero-order chi connectivity index (χ0) is 10.8. The number of carbonyl (C=O) groups excluding carboxylic acids is 1. The Hall–Kier alpha value is -1.36. The summed E-state index contributed by atoms with van der Waals surface area (Å²) in [6, 6.07) is 0. The maximum absolute atomic E-state index is 11.5. The van der Waals surface area contributed by atoms with Gasteiger partial charge in [0, 0.05) is 32.3 Å². The smallest absolute Gasteiger partial charge is 0.310 e. The van der Waals surface area contributed by atoms with E-state index in [0.717, 1.165) is 12.2 Å². The van der Waals surface area contributed by atoms with Crippen LogP contribution in [0, 0.1) is 5.92 Å². The molecule has 2 heterocycles. The molecule has 1 aliphatic rings. The van der Waals surface area contributed by atoms with E-state index in [9.17, 15) is 4.79 Å². The zero-order valence-electron chi connectivity index (χ0n) is 8.93. The number of ether oxygens (including phenoxy) is 1. The van der Waals surface area contributed by atoms with Gasteiger partial charge in [0.05, 0.1) is 25.0 Å². The molecule has 0 saturated carbocycles. The lowest BCUT2D eigenvalue weighted by Gasteiger charge is -2.13. The molecule has 1 fully saturated rings. The first-order valence-corrected chi connectivity index (χ1v) is 4.98. The fourth-order valence-corrected chi connectivity index (χ4v) is 2.01. The van der Waals surface area contributed by atoms with Crippen LogP contribution in [-0.4, -0.2) is 35.7 Å². The summed E-state index contributed by atoms with van der Waals surface area (Å²) in [5.41, 5.74) is 0.956. The summed E-state index contributed by atoms with van der Waals surface area (Å²) in [4.78, 5) is 15.8. The lowest BCUT2D eigenvalue weighted by Crippen LogP contribution is -2.23. The number of carbonyl (C=O) groups is 1. The second-order valence-corrected chi connectivity index (χ2v) is 3.86. The van der Waals surface area contributed by atoms with Crippen molar-refractivity contribution in [3.8, 4) is 0 Å². The Morgan fingerprint density at radius 3 is 3.07 bits per heavy atom. The van der Waals surface area contributed by atoms with Gasteiger partial charge in [0.25, 0.3) is 0 Å². The molecule has 1 aromatic rings. The Morgan fingerprint density at radius 1 is 1.67 bits per heavy atom. The summed E-state index contributed by atoms with van der Waals surface area (Å²) in [6.45, 7) is 1.46. The van der Waals surface area contributed by atoms with E-state index in [2.05, 4.69) is 10.3 Å². The van der Waals surface area contributed by atoms with Crippen molar-refractivity contribution < 1.29 is 9.53 Å². The summed E-state index contributed by atoms with van der Waals surface area (Å²) in [5, 5.41) is 3.20. The van der Waals surface area contributed by atoms with Gasteiger partial charge < -0.3 is 14.6 Å². The van der Waals surface area contributed by atoms with Gasteiger partial charge >= 0.3 is 5.97 Å². The first-order valence-electron chi connectivity index (χ1n) is 4.98. The Balaban J connectivity index is 2.18. The average molecular weight is 209 g/mol. The molecule has 5 nitrogen and oxygen atoms in total. The van der Waals surface area contributed by atoms with Gasteiger partial charge in [-0.05, 0) is 0 Å². The molecule has 0 unspecified atom stereocenters. The minimum Gasteiger partial charge on any atom is -0.469 e. The molecule has 0 amide bonds. The molecule has 0 aliphatic carbocycles. The normalized spacial score (nSPS) is 25.5. The van der Waals surface area contributed by atoms with Gasteiger partial charge in [0.2, 0.25) is 0 Å². The van der Waals surface area contributed by atoms with Crippen molar-refractivity contribution in [1.82, 2.24) is 14.9 Å². The lowest BCUT2D eigenvalue weighted by atomic mass is 9.93. The number of nitrogens with one attached hydrogen (secondary N) is 1. The molecule has 2 rings (SSSR count). The summed E-state index contributed by atoms with van der Waals surface area (Å²) >= 11 is 0. The molecule has 0 spiro atoms. The lowest BCUT2D eigenvalue weighted by molar-refractivity contribution is -0.145. The number of imidazole rings is 1. The van der Waals surface area contributed by atoms with E-state index in [1.165, 1.54) is 7.11 Å². The van der Waals surface area contributed by atoms with Gasteiger partial charge in [-0.2, -0.15) is 0 Å². The average Bonchev–Trinajstić information content (AvgIpc) is 2.84. The van der Waals surface area contributed by atoms with Crippen LogP contribution in [0.3, 0.4) is 0 Å². The first kappa shape index (κ1) is 10.2. The molecule has 82 valence electrons. The third kappa shape index (κ3) is 1.87. The number of methoxy groups -OCH3 is 1. The topological polar surface area (TPSA) is 56.1 Å². The number of aromatic nitrogens is 2. The highest BCUT2D eigenvalue weighted by Gasteiger charge is 2.35. The summed E-state index contributed by atoms with van der Waals surface area (Å²) in [7, 11) is 3.35. The second-order valence-electron chi connectivity index (χ2n) is 3.86. The van der Waals surface area contributed by atoms with E-state index >= 15 is 0 Å². The van der Waals surface area contributed by atoms with Gasteiger partial charge in [0.1, 0.15) is 0 Å². The Bertz CT molecular complexity index is 361. The van der Waals surface area contributed by atoms with E-state index in [0.29, 0.717) is 6.54 Å². The number of aryl methyl sites for hydroxylation is 1. The molecule has 15 heavy (non-hydrogen) atoms. The maximum Gasteiger partial charge on any atom is 0.310 e. The van der Waals surface area contributed by atoms with Crippen LogP contribution in [0.4, 0.5) is 0 Å². The largest absolute Gasteiger partial charge is 0.469 e. The zero-order valence-corrected chi connectivity index (χ0v) is 8.93. The molecular formula is C10H15N3O2. The third-order valence-electron chi connectivity index (χ3n) is 2.82. The number of hydrogen-bond donors (Lipinski definition) is 1. The van der Waals surface area contributed by atoms with Crippen molar-refractivity contribution in [1.29, 1.82) is 0 Å². The second kappa shape index (κ2) is 4.02. The Morgan fingerprint density at radius 2 is 2.47 bits per heavy atom. The molecule has 1 aromatic heterocycles. The molecule has 1 aliphatic heterocycles. The minimum absolute atomic E-state index is 0.107. The van der Waals surface area contributed by atoms with E-state index in [-0.39, 0.29) is 17.8 Å². The standard InChI is InChI=1S/C10H15N3O2/c1-13-5-9(12-6-13)7-3-11-4-8(7)10(14)15-2/h5-8,11H,3-4H2,1-2H3/t7-,8-/m1/s1. The van der Waals surface area contributed by atoms with Crippen LogP contribution in [0.2, 0.25) is 0 Å². The van der Waals surface area contributed by atoms with Crippen molar-refractivity contribution in [2.24, 2.45) is 13.0 Å². The fourth-order valence-electron chi connectivity index (χ4n) is 2.01. The molecule has 0 bridgehead atoms. The molecular weight excluding hydrogens is 194 g/mol. The Labute approximate surface area is 88.4 Å². The van der Waals surface area contributed by atoms with Gasteiger partial charge in [0.15, 0.2) is 0 Å². The number of nitrogens with zero attached hydrogens (tertiary/aromatic N) is 2. The molecule has 1 N–H and O–H groups in total. The summed E-state index contributed by atoms with van der Waals surface area (Å²) < 4.78 is 6.67. The van der Waals surface area contributed by atoms with Crippen LogP contribution < -0.4 is 5.32 Å². The first-order chi connectivity index (χ1) is 7.22. The molecule has 0 radical (unpaired) electrons. The van der Waals surface area contributed by atoms with Crippen LogP contribution in [0.1, 0.15) is 11.6 Å². The third-order valence-corrected chi connectivity index (χ3v) is 2.82. The molecule has 5 heteroatoms. The van der Waals surface area contributed by atoms with Crippen molar-refractivity contribution in [3.05, 3.63) is 18.2 Å². The Kier molecular flexibility index (Phi) is 2.73. The minimum atomic E-state index is -0.157. The predicted octanol–water partition coefficient (Wildman–Crippen LogP) is -0.104. The van der Waals surface area contributed by atoms with E-state index < -0.39 is 0 Å². The highest BCUT2D eigenvalue weighted by atomic mass is 16.5. The molecule has 2 atom stereocenters. The van der Waals surface area contributed by atoms with Gasteiger partial charge in [-0.1, -0.05) is 0 Å². The van der Waals surface area contributed by atoms with Crippen molar-refractivity contribution >= 4 is 5.97 Å². The van der Waals surface area contributed by atoms with E-state index in [1.807, 2.05) is 17.8 Å². The van der Waals surface area contributed by atoms with Crippen molar-refractivity contribution in [2.45, 2.75) is 5.92 Å². The molecule has 1 saturated heterocycles. The van der Waals surface area contributed by atoms with Crippen molar-refractivity contribution in [3.63, 3.8) is 0 Å². The summed E-state index contributed by atoms with van der Waals surface area (Å²) in [6.07, 6.45) is 3.70. The van der Waals surface area contributed by atoms with Gasteiger partial charge in [-0.3, -0.25) is 4.79 Å². The van der Waals surface area contributed by atoms with Crippen LogP contribution in [-0.2, 0) is 16.6 Å². The van der Waals surface area contributed by atoms with Crippen LogP contribution >= 0.6 is 0 Å². The highest BCUT2D eigenvalue weighted by Crippen LogP contribution is 2.27. The van der Waals surface area contributed by atoms with E-state index in [4.69, 9.17) is 4.74 Å². The predicted molar refractivity (Wildman–Crippen MR) is 54.3 cm³/mol. The van der Waals surface area contributed by atoms with Crippen LogP contribution in [0.15, 0.2) is 12.5 Å². The summed E-state index contributed by atoms with van der Waals surface area (Å²) in [5.74, 6) is -0.126. The maximum atomic E-state index is 11.5. The number of rotatable bonds is 2. The van der Waals surface area contributed by atoms with Crippen molar-refractivity contribution in [2.75, 3.05) is 20.2 Å². The highest BCUT2D eigenvalue weighted by molar-refractivity contribution is 5.74. The number of hydrogen-bond acceptors (Lipinski definition) is 4. The van der Waals surface area contributed by atoms with Gasteiger partial charge in [-0.25, -0.2) is 4.98 Å². The molecule has 0 aromatic carbocycles. The quantitative estimate of drug-likeness (QED) is 0.691. The van der Waals surface area contributed by atoms with Crippen LogP contribution in [0.25, 0.3) is 0 Å². The fraction of sp³-hybridized carbons (Fsp3) is 0.600. The van der Waals surface area contributed by atoms with Gasteiger partial charge in [-0.15, -0.1) is 0 Å².